The van der Waals surface area contributed by atoms with E-state index in [4.69, 9.17) is 14.0 Å². The number of hydrogen-bond donors (Lipinski definition) is 0. The van der Waals surface area contributed by atoms with Crippen LogP contribution in [0.3, 0.4) is 0 Å². The lowest BCUT2D eigenvalue weighted by molar-refractivity contribution is -0.148. The van der Waals surface area contributed by atoms with Gasteiger partial charge in [0, 0.05) is 37.5 Å². The summed E-state index contributed by atoms with van der Waals surface area (Å²) in [4.78, 5) is 18.9. The van der Waals surface area contributed by atoms with E-state index in [2.05, 4.69) is 10.1 Å². The number of carbonyl (C=O) groups excluding carboxylic acids is 1. The molecule has 0 aromatic carbocycles. The number of likely N-dealkylation sites (tertiary alicyclic amines) is 1. The molecule has 2 fully saturated rings. The van der Waals surface area contributed by atoms with E-state index in [0.717, 1.165) is 31.4 Å². The van der Waals surface area contributed by atoms with Gasteiger partial charge >= 0.3 is 0 Å². The van der Waals surface area contributed by atoms with Crippen molar-refractivity contribution in [2.45, 2.75) is 38.9 Å². The van der Waals surface area contributed by atoms with E-state index < -0.39 is 0 Å². The molecule has 27 heavy (non-hydrogen) atoms. The summed E-state index contributed by atoms with van der Waals surface area (Å²) in [5.74, 6) is -0.0220. The molecule has 2 saturated heterocycles. The van der Waals surface area contributed by atoms with Crippen molar-refractivity contribution in [2.24, 2.45) is 5.41 Å². The monoisotopic (exact) mass is 371 g/mol. The number of piperidine rings is 1. The Hall–Kier alpha value is -2.25. The number of aryl methyl sites for hydroxylation is 1. The summed E-state index contributed by atoms with van der Waals surface area (Å²) in [6.07, 6.45) is 7.93. The van der Waals surface area contributed by atoms with Gasteiger partial charge in [-0.1, -0.05) is 5.16 Å². The van der Waals surface area contributed by atoms with E-state index in [1.54, 1.807) is 19.3 Å². The molecule has 2 aromatic rings. The van der Waals surface area contributed by atoms with Gasteiger partial charge in [-0.05, 0) is 43.9 Å². The predicted octanol–water partition coefficient (Wildman–Crippen LogP) is 2.61. The second-order valence-corrected chi connectivity index (χ2v) is 7.50. The summed E-state index contributed by atoms with van der Waals surface area (Å²) in [5, 5.41) is 3.84. The average molecular weight is 371 g/mol. The van der Waals surface area contributed by atoms with Gasteiger partial charge < -0.3 is 18.9 Å². The lowest BCUT2D eigenvalue weighted by Crippen LogP contribution is -2.58. The summed E-state index contributed by atoms with van der Waals surface area (Å²) in [5.41, 5.74) is 2.10. The molecule has 7 nitrogen and oxygen atoms in total. The van der Waals surface area contributed by atoms with Crippen LogP contribution in [0.25, 0.3) is 0 Å². The molecule has 2 aliphatic rings. The average Bonchev–Trinajstić information content (AvgIpc) is 3.13. The van der Waals surface area contributed by atoms with Crippen molar-refractivity contribution in [1.29, 1.82) is 0 Å². The molecule has 0 radical (unpaired) electrons. The van der Waals surface area contributed by atoms with Crippen LogP contribution in [0.15, 0.2) is 35.3 Å². The molecular formula is C20H25N3O4. The summed E-state index contributed by atoms with van der Waals surface area (Å²) in [6.45, 7) is 5.01. The van der Waals surface area contributed by atoms with Crippen LogP contribution in [-0.2, 0) is 16.1 Å². The van der Waals surface area contributed by atoms with E-state index in [-0.39, 0.29) is 17.4 Å². The fraction of sp³-hybridized carbons (Fsp3) is 0.550. The first-order valence-electron chi connectivity index (χ1n) is 9.46. The fourth-order valence-corrected chi connectivity index (χ4v) is 4.19. The quantitative estimate of drug-likeness (QED) is 0.804. The molecule has 0 spiro atoms. The third-order valence-corrected chi connectivity index (χ3v) is 5.66. The van der Waals surface area contributed by atoms with Crippen molar-refractivity contribution in [2.75, 3.05) is 26.3 Å². The van der Waals surface area contributed by atoms with Crippen LogP contribution >= 0.6 is 0 Å². The van der Waals surface area contributed by atoms with Crippen molar-refractivity contribution in [1.82, 2.24) is 15.0 Å². The smallest absolute Gasteiger partial charge is 0.259 e. The molecule has 144 valence electrons. The number of amides is 1. The Morgan fingerprint density at radius 3 is 3.04 bits per heavy atom. The first-order chi connectivity index (χ1) is 13.2. The van der Waals surface area contributed by atoms with E-state index in [9.17, 15) is 4.79 Å². The molecule has 1 amide bonds. The first kappa shape index (κ1) is 18.1. The Labute approximate surface area is 158 Å². The third kappa shape index (κ3) is 3.75. The molecule has 0 saturated carbocycles. The van der Waals surface area contributed by atoms with Crippen LogP contribution in [0, 0.1) is 12.3 Å². The standard InChI is InChI=1S/C20H25N3O4/c1-15-17(12-27-22-15)19(24)23-9-5-18-20(13-23,6-2-10-26-18)14-25-11-16-3-7-21-8-4-16/h3-4,7-8,12,18H,2,5-6,9-11,13-14H2,1H3/t18-,20+/m1/s1. The van der Waals surface area contributed by atoms with Gasteiger partial charge in [0.05, 0.1) is 25.0 Å². The Balaban J connectivity index is 1.46. The van der Waals surface area contributed by atoms with E-state index in [1.807, 2.05) is 17.0 Å². The van der Waals surface area contributed by atoms with Gasteiger partial charge in [-0.25, -0.2) is 0 Å². The molecule has 4 heterocycles. The number of nitrogens with zero attached hydrogens (tertiary/aromatic N) is 3. The number of ether oxygens (including phenoxy) is 2. The second kappa shape index (κ2) is 7.78. The number of fused-ring (bicyclic) bond motifs is 1. The highest BCUT2D eigenvalue weighted by atomic mass is 16.5. The van der Waals surface area contributed by atoms with Gasteiger partial charge in [0.1, 0.15) is 11.8 Å². The molecule has 2 aromatic heterocycles. The third-order valence-electron chi connectivity index (χ3n) is 5.66. The topological polar surface area (TPSA) is 77.7 Å². The number of rotatable bonds is 5. The maximum atomic E-state index is 12.9. The number of aromatic nitrogens is 2. The summed E-state index contributed by atoms with van der Waals surface area (Å²) in [6, 6.07) is 3.91. The van der Waals surface area contributed by atoms with E-state index in [0.29, 0.717) is 37.6 Å². The maximum Gasteiger partial charge on any atom is 0.259 e. The van der Waals surface area contributed by atoms with Crippen LogP contribution in [0.5, 0.6) is 0 Å². The molecular weight excluding hydrogens is 346 g/mol. The van der Waals surface area contributed by atoms with Crippen LogP contribution in [-0.4, -0.2) is 53.4 Å². The minimum absolute atomic E-state index is 0.0220. The largest absolute Gasteiger partial charge is 0.377 e. The number of carbonyl (C=O) groups is 1. The van der Waals surface area contributed by atoms with E-state index >= 15 is 0 Å². The number of pyridine rings is 1. The SMILES string of the molecule is Cc1nocc1C(=O)N1CC[C@H]2OCCC[C@@]2(COCc2ccncc2)C1. The molecule has 2 atom stereocenters. The number of hydrogen-bond acceptors (Lipinski definition) is 6. The lowest BCUT2D eigenvalue weighted by Gasteiger charge is -2.50. The molecule has 4 rings (SSSR count). The summed E-state index contributed by atoms with van der Waals surface area (Å²) in [7, 11) is 0. The van der Waals surface area contributed by atoms with Crippen molar-refractivity contribution in [3.63, 3.8) is 0 Å². The van der Waals surface area contributed by atoms with Crippen LogP contribution in [0.1, 0.15) is 40.9 Å². The molecule has 0 bridgehead atoms. The molecule has 7 heteroatoms. The fourth-order valence-electron chi connectivity index (χ4n) is 4.19. The van der Waals surface area contributed by atoms with Crippen LogP contribution in [0.2, 0.25) is 0 Å². The summed E-state index contributed by atoms with van der Waals surface area (Å²) >= 11 is 0. The van der Waals surface area contributed by atoms with Crippen molar-refractivity contribution >= 4 is 5.91 Å². The lowest BCUT2D eigenvalue weighted by atomic mass is 9.73. The molecule has 0 aliphatic carbocycles. The maximum absolute atomic E-state index is 12.9. The van der Waals surface area contributed by atoms with E-state index in [1.165, 1.54) is 6.26 Å². The van der Waals surface area contributed by atoms with Gasteiger partial charge in [-0.2, -0.15) is 0 Å². The zero-order valence-corrected chi connectivity index (χ0v) is 15.6. The second-order valence-electron chi connectivity index (χ2n) is 7.50. The minimum Gasteiger partial charge on any atom is -0.377 e. The van der Waals surface area contributed by atoms with Crippen LogP contribution in [0.4, 0.5) is 0 Å². The highest BCUT2D eigenvalue weighted by molar-refractivity contribution is 5.94. The van der Waals surface area contributed by atoms with Gasteiger partial charge in [0.25, 0.3) is 5.91 Å². The minimum atomic E-state index is -0.162. The van der Waals surface area contributed by atoms with Gasteiger partial charge in [-0.3, -0.25) is 9.78 Å². The van der Waals surface area contributed by atoms with Crippen molar-refractivity contribution in [3.8, 4) is 0 Å². The first-order valence-corrected chi connectivity index (χ1v) is 9.46. The van der Waals surface area contributed by atoms with Crippen molar-refractivity contribution < 1.29 is 18.8 Å². The van der Waals surface area contributed by atoms with Gasteiger partial charge in [-0.15, -0.1) is 0 Å². The van der Waals surface area contributed by atoms with Crippen molar-refractivity contribution in [3.05, 3.63) is 47.6 Å². The Morgan fingerprint density at radius 1 is 1.41 bits per heavy atom. The molecule has 2 aliphatic heterocycles. The summed E-state index contributed by atoms with van der Waals surface area (Å²) < 4.78 is 17.1. The normalized spacial score (nSPS) is 25.2. The van der Waals surface area contributed by atoms with Gasteiger partial charge in [0.15, 0.2) is 0 Å². The zero-order chi connectivity index (χ0) is 18.7. The highest BCUT2D eigenvalue weighted by Crippen LogP contribution is 2.41. The Kier molecular flexibility index (Phi) is 5.22. The highest BCUT2D eigenvalue weighted by Gasteiger charge is 2.47. The zero-order valence-electron chi connectivity index (χ0n) is 15.6. The van der Waals surface area contributed by atoms with Crippen LogP contribution < -0.4 is 0 Å². The molecule has 0 unspecified atom stereocenters. The predicted molar refractivity (Wildman–Crippen MR) is 97.1 cm³/mol. The Bertz CT molecular complexity index is 779. The molecule has 0 N–H and O–H groups in total. The Morgan fingerprint density at radius 2 is 2.26 bits per heavy atom. The van der Waals surface area contributed by atoms with Gasteiger partial charge in [0.2, 0.25) is 0 Å².